The zero-order valence-corrected chi connectivity index (χ0v) is 26.4. The molecule has 2 fully saturated rings. The molecular formula is C30H43NO4S2Si. The fraction of sp³-hybridized carbons (Fsp3) is 0.633. The zero-order valence-electron chi connectivity index (χ0n) is 23.8. The average molecular weight is 574 g/mol. The first kappa shape index (κ1) is 28.2. The molecule has 5 rings (SSSR count). The van der Waals surface area contributed by atoms with E-state index in [4.69, 9.17) is 8.77 Å². The molecule has 1 aliphatic heterocycles. The van der Waals surface area contributed by atoms with Crippen molar-refractivity contribution in [1.29, 1.82) is 0 Å². The molecule has 8 heteroatoms. The zero-order chi connectivity index (χ0) is 27.5. The van der Waals surface area contributed by atoms with Crippen molar-refractivity contribution < 1.29 is 18.8 Å². The number of hydrogen-bond acceptors (Lipinski definition) is 6. The van der Waals surface area contributed by atoms with Crippen molar-refractivity contribution in [2.45, 2.75) is 100 Å². The topological polar surface area (TPSA) is 76.0 Å². The number of ketones is 1. The molecule has 2 heterocycles. The lowest BCUT2D eigenvalue weighted by atomic mass is 9.86. The highest BCUT2D eigenvalue weighted by molar-refractivity contribution is 7.97. The highest BCUT2D eigenvalue weighted by Gasteiger charge is 2.42. The number of benzene rings is 1. The molecule has 2 atom stereocenters. The van der Waals surface area contributed by atoms with Gasteiger partial charge in [-0.05, 0) is 96.5 Å². The Kier molecular flexibility index (Phi) is 7.38. The first-order valence-electron chi connectivity index (χ1n) is 14.0. The number of aliphatic hydroxyl groups is 1. The van der Waals surface area contributed by atoms with Crippen molar-refractivity contribution in [3.63, 3.8) is 0 Å². The van der Waals surface area contributed by atoms with Crippen LogP contribution >= 0.6 is 11.3 Å². The summed E-state index contributed by atoms with van der Waals surface area (Å²) in [5.41, 5.74) is 4.24. The van der Waals surface area contributed by atoms with E-state index < -0.39 is 23.6 Å². The van der Waals surface area contributed by atoms with Crippen LogP contribution in [0.1, 0.15) is 80.0 Å². The first-order valence-corrected chi connectivity index (χ1v) is 19.5. The largest absolute Gasteiger partial charge is 0.379 e. The number of thiophene rings is 1. The van der Waals surface area contributed by atoms with Crippen molar-refractivity contribution in [2.24, 2.45) is 9.95 Å². The van der Waals surface area contributed by atoms with E-state index in [1.165, 1.54) is 46.4 Å². The molecule has 1 saturated heterocycles. The van der Waals surface area contributed by atoms with Crippen LogP contribution in [-0.4, -0.2) is 42.3 Å². The van der Waals surface area contributed by atoms with Crippen molar-refractivity contribution in [3.8, 4) is 0 Å². The van der Waals surface area contributed by atoms with Gasteiger partial charge in [0.25, 0.3) is 0 Å². The van der Waals surface area contributed by atoms with Crippen LogP contribution in [0.3, 0.4) is 0 Å². The summed E-state index contributed by atoms with van der Waals surface area (Å²) in [7, 11) is -5.35. The Morgan fingerprint density at radius 2 is 1.92 bits per heavy atom. The number of nitrogens with zero attached hydrogens (tertiary/aromatic N) is 1. The molecule has 0 spiro atoms. The average Bonchev–Trinajstić information content (AvgIpc) is 3.31. The lowest BCUT2D eigenvalue weighted by Gasteiger charge is -2.35. The molecule has 1 aromatic heterocycles. The molecule has 2 aliphatic carbocycles. The highest BCUT2D eigenvalue weighted by Crippen LogP contribution is 2.45. The summed E-state index contributed by atoms with van der Waals surface area (Å²) in [5.74, 6) is 1.10. The fourth-order valence-electron chi connectivity index (χ4n) is 5.55. The van der Waals surface area contributed by atoms with Crippen LogP contribution in [0, 0.1) is 5.92 Å². The predicted octanol–water partition coefficient (Wildman–Crippen LogP) is 6.61. The number of ether oxygens (including phenoxy) is 1. The molecule has 0 bridgehead atoms. The van der Waals surface area contributed by atoms with Gasteiger partial charge in [0.1, 0.15) is 5.60 Å². The standard InChI is InChI=1S/C30H43NO4S2Si/c1-20(21-10-11-21)24-13-12-22-8-7-9-25(22)26(24)16-23(32)17-37(34,31-38(5,6)29(2,3)4)28-15-14-27(36-28)30(33)18-35-19-30/h12-15,20-21,33H,7-11,16-19H2,1-6H3/t20-,37?/m0/s1. The Labute approximate surface area is 233 Å². The minimum atomic E-state index is -3.00. The maximum Gasteiger partial charge on any atom is 0.193 e. The van der Waals surface area contributed by atoms with Gasteiger partial charge in [-0.3, -0.25) is 8.82 Å². The molecule has 3 aliphatic rings. The van der Waals surface area contributed by atoms with E-state index in [-0.39, 0.29) is 29.8 Å². The van der Waals surface area contributed by atoms with E-state index in [2.05, 4.69) is 52.9 Å². The summed E-state index contributed by atoms with van der Waals surface area (Å²) in [4.78, 5) is 14.6. The number of carbonyl (C=O) groups excluding carboxylic acids is 1. The van der Waals surface area contributed by atoms with Gasteiger partial charge in [0.2, 0.25) is 0 Å². The smallest absolute Gasteiger partial charge is 0.193 e. The second-order valence-electron chi connectivity index (χ2n) is 13.3. The third kappa shape index (κ3) is 5.36. The molecular weight excluding hydrogens is 531 g/mol. The number of hydrogen-bond donors (Lipinski definition) is 1. The Bertz CT molecular complexity index is 1350. The van der Waals surface area contributed by atoms with Crippen LogP contribution in [0.15, 0.2) is 32.5 Å². The van der Waals surface area contributed by atoms with Gasteiger partial charge in [-0.15, -0.1) is 11.3 Å². The van der Waals surface area contributed by atoms with E-state index in [0.29, 0.717) is 22.5 Å². The number of carbonyl (C=O) groups is 1. The van der Waals surface area contributed by atoms with Crippen LogP contribution in [0.2, 0.25) is 18.1 Å². The van der Waals surface area contributed by atoms with Gasteiger partial charge in [-0.1, -0.05) is 39.8 Å². The summed E-state index contributed by atoms with van der Waals surface area (Å²) in [6.07, 6.45) is 6.11. The molecule has 1 aromatic carbocycles. The summed E-state index contributed by atoms with van der Waals surface area (Å²) in [5, 5.41) is 10.7. The van der Waals surface area contributed by atoms with Gasteiger partial charge in [0, 0.05) is 11.3 Å². The summed E-state index contributed by atoms with van der Waals surface area (Å²) in [6.45, 7) is 13.5. The molecule has 0 radical (unpaired) electrons. The van der Waals surface area contributed by atoms with Crippen LogP contribution < -0.4 is 0 Å². The van der Waals surface area contributed by atoms with Gasteiger partial charge in [0.15, 0.2) is 14.0 Å². The van der Waals surface area contributed by atoms with Crippen LogP contribution in [-0.2, 0) is 44.1 Å². The maximum absolute atomic E-state index is 14.8. The van der Waals surface area contributed by atoms with Gasteiger partial charge in [-0.25, -0.2) is 4.21 Å². The molecule has 38 heavy (non-hydrogen) atoms. The van der Waals surface area contributed by atoms with Gasteiger partial charge in [0.05, 0.1) is 32.9 Å². The van der Waals surface area contributed by atoms with E-state index in [0.717, 1.165) is 24.1 Å². The maximum atomic E-state index is 14.8. The van der Waals surface area contributed by atoms with Gasteiger partial charge in [-0.2, -0.15) is 0 Å². The Morgan fingerprint density at radius 3 is 2.53 bits per heavy atom. The van der Waals surface area contributed by atoms with Crippen LogP contribution in [0.25, 0.3) is 0 Å². The molecule has 208 valence electrons. The molecule has 1 unspecified atom stereocenters. The van der Waals surface area contributed by atoms with Crippen molar-refractivity contribution in [2.75, 3.05) is 19.0 Å². The Morgan fingerprint density at radius 1 is 1.21 bits per heavy atom. The number of aryl methyl sites for hydroxylation is 1. The Hall–Kier alpha value is -1.32. The molecule has 0 amide bonds. The molecule has 1 saturated carbocycles. The summed E-state index contributed by atoms with van der Waals surface area (Å²) in [6, 6.07) is 8.21. The van der Waals surface area contributed by atoms with Gasteiger partial charge < -0.3 is 9.84 Å². The highest BCUT2D eigenvalue weighted by atomic mass is 32.2. The number of rotatable bonds is 9. The molecule has 1 N–H and O–H groups in total. The second kappa shape index (κ2) is 9.95. The summed E-state index contributed by atoms with van der Waals surface area (Å²) < 4.78 is 25.8. The van der Waals surface area contributed by atoms with Crippen LogP contribution in [0.4, 0.5) is 0 Å². The minimum absolute atomic E-state index is 0.00245. The van der Waals surface area contributed by atoms with Gasteiger partial charge >= 0.3 is 0 Å². The number of Topliss-reactive ketones (excluding diaryl/α,β-unsaturated/α-hetero) is 1. The van der Waals surface area contributed by atoms with Crippen molar-refractivity contribution in [1.82, 2.24) is 0 Å². The fourth-order valence-corrected chi connectivity index (χ4v) is 13.3. The SMILES string of the molecule is C[C@H](c1ccc2c(c1CC(=O)CS(=O)(=N[Si](C)(C)C(C)(C)C)c1ccc(C3(O)COC3)s1)CCC2)C1CC1. The normalized spacial score (nSPS) is 21.3. The monoisotopic (exact) mass is 573 g/mol. The van der Waals surface area contributed by atoms with Crippen molar-refractivity contribution in [3.05, 3.63) is 51.4 Å². The predicted molar refractivity (Wildman–Crippen MR) is 158 cm³/mol. The molecule has 5 nitrogen and oxygen atoms in total. The van der Waals surface area contributed by atoms with Crippen molar-refractivity contribution >= 4 is 35.1 Å². The lowest BCUT2D eigenvalue weighted by molar-refractivity contribution is -0.182. The first-order chi connectivity index (χ1) is 17.7. The lowest BCUT2D eigenvalue weighted by Crippen LogP contribution is -2.45. The summed E-state index contributed by atoms with van der Waals surface area (Å²) >= 11 is 1.33. The third-order valence-corrected chi connectivity index (χ3v) is 19.5. The Balaban J connectivity index is 1.51. The minimum Gasteiger partial charge on any atom is -0.379 e. The van der Waals surface area contributed by atoms with Crippen LogP contribution in [0.5, 0.6) is 0 Å². The second-order valence-corrected chi connectivity index (χ2v) is 22.0. The third-order valence-electron chi connectivity index (χ3n) is 9.23. The van der Waals surface area contributed by atoms with E-state index in [9.17, 15) is 14.1 Å². The quantitative estimate of drug-likeness (QED) is 0.343. The molecule has 2 aromatic rings. The van der Waals surface area contributed by atoms with E-state index in [1.54, 1.807) is 0 Å². The van der Waals surface area contributed by atoms with E-state index in [1.807, 2.05) is 12.1 Å². The number of fused-ring (bicyclic) bond motifs is 1. The van der Waals surface area contributed by atoms with E-state index >= 15 is 0 Å².